The minimum absolute atomic E-state index is 0.533. The van der Waals surface area contributed by atoms with Crippen molar-refractivity contribution >= 4 is 0 Å². The number of ether oxygens (including phenoxy) is 1. The van der Waals surface area contributed by atoms with Crippen molar-refractivity contribution < 1.29 is 9.15 Å². The molecule has 2 aromatic heterocycles. The van der Waals surface area contributed by atoms with Crippen LogP contribution in [0.25, 0.3) is 0 Å². The molecule has 4 heterocycles. The number of aromatic amines is 1. The Kier molecular flexibility index (Phi) is 5.26. The van der Waals surface area contributed by atoms with Gasteiger partial charge in [0.25, 0.3) is 0 Å². The number of furan rings is 1. The molecule has 3 atom stereocenters. The molecule has 1 aliphatic carbocycles. The number of hydrogen-bond acceptors (Lipinski definition) is 5. The minimum Gasteiger partial charge on any atom is -0.464 e. The summed E-state index contributed by atoms with van der Waals surface area (Å²) < 4.78 is 11.6. The Morgan fingerprint density at radius 2 is 2.00 bits per heavy atom. The number of piperidine rings is 1. The van der Waals surface area contributed by atoms with E-state index in [0.717, 1.165) is 64.2 Å². The summed E-state index contributed by atoms with van der Waals surface area (Å²) in [4.78, 5) is 5.02. The monoisotopic (exact) mass is 384 g/mol. The summed E-state index contributed by atoms with van der Waals surface area (Å²) in [5, 5.41) is 7.71. The molecule has 2 aromatic rings. The maximum Gasteiger partial charge on any atom is 0.118 e. The van der Waals surface area contributed by atoms with Crippen molar-refractivity contribution in [3.05, 3.63) is 41.1 Å². The Labute approximate surface area is 167 Å². The van der Waals surface area contributed by atoms with Crippen molar-refractivity contribution in [3.8, 4) is 0 Å². The van der Waals surface area contributed by atoms with Gasteiger partial charge in [-0.2, -0.15) is 5.10 Å². The van der Waals surface area contributed by atoms with Crippen molar-refractivity contribution in [1.82, 2.24) is 20.0 Å². The Morgan fingerprint density at radius 1 is 1.14 bits per heavy atom. The van der Waals surface area contributed by atoms with Crippen LogP contribution in [0.15, 0.2) is 22.7 Å². The maximum absolute atomic E-state index is 6.15. The van der Waals surface area contributed by atoms with Crippen LogP contribution >= 0.6 is 0 Å². The van der Waals surface area contributed by atoms with E-state index in [1.54, 1.807) is 0 Å². The summed E-state index contributed by atoms with van der Waals surface area (Å²) in [5.74, 6) is 4.30. The first-order valence-corrected chi connectivity index (χ1v) is 10.9. The Bertz CT molecular complexity index is 779. The summed E-state index contributed by atoms with van der Waals surface area (Å²) in [6.07, 6.45) is 5.77. The smallest absolute Gasteiger partial charge is 0.118 e. The summed E-state index contributed by atoms with van der Waals surface area (Å²) in [6, 6.07) is 4.38. The second-order valence-corrected chi connectivity index (χ2v) is 8.90. The predicted molar refractivity (Wildman–Crippen MR) is 107 cm³/mol. The van der Waals surface area contributed by atoms with Crippen LogP contribution in [-0.2, 0) is 17.8 Å². The number of nitrogens with zero attached hydrogens (tertiary/aromatic N) is 3. The molecule has 2 aliphatic heterocycles. The van der Waals surface area contributed by atoms with Crippen LogP contribution in [0, 0.1) is 5.92 Å². The van der Waals surface area contributed by atoms with Gasteiger partial charge in [-0.15, -0.1) is 0 Å². The van der Waals surface area contributed by atoms with E-state index in [1.807, 2.05) is 6.20 Å². The highest BCUT2D eigenvalue weighted by molar-refractivity contribution is 5.22. The molecule has 6 nitrogen and oxygen atoms in total. The van der Waals surface area contributed by atoms with Crippen LogP contribution in [-0.4, -0.2) is 59.4 Å². The molecule has 2 saturated heterocycles. The van der Waals surface area contributed by atoms with Gasteiger partial charge in [0.1, 0.15) is 11.5 Å². The number of hydrogen-bond donors (Lipinski definition) is 1. The Morgan fingerprint density at radius 3 is 2.82 bits per heavy atom. The lowest BCUT2D eigenvalue weighted by Crippen LogP contribution is -2.37. The minimum atomic E-state index is 0.533. The van der Waals surface area contributed by atoms with Crippen molar-refractivity contribution in [2.24, 2.45) is 5.92 Å². The zero-order valence-corrected chi connectivity index (χ0v) is 16.9. The molecule has 5 rings (SSSR count). The van der Waals surface area contributed by atoms with E-state index >= 15 is 0 Å². The van der Waals surface area contributed by atoms with Gasteiger partial charge in [-0.1, -0.05) is 6.92 Å². The first-order chi connectivity index (χ1) is 13.8. The molecule has 3 unspecified atom stereocenters. The molecular weight excluding hydrogens is 352 g/mol. The van der Waals surface area contributed by atoms with E-state index in [-0.39, 0.29) is 0 Å². The van der Waals surface area contributed by atoms with Crippen molar-refractivity contribution in [2.45, 2.75) is 51.1 Å². The Balaban J connectivity index is 1.21. The number of rotatable bonds is 6. The number of aromatic nitrogens is 2. The second kappa shape index (κ2) is 8.01. The summed E-state index contributed by atoms with van der Waals surface area (Å²) in [6.45, 7) is 10.2. The molecule has 3 fully saturated rings. The fraction of sp³-hybridized carbons (Fsp3) is 0.682. The maximum atomic E-state index is 6.15. The van der Waals surface area contributed by atoms with Crippen molar-refractivity contribution in [3.63, 3.8) is 0 Å². The highest BCUT2D eigenvalue weighted by Crippen LogP contribution is 2.47. The average molecular weight is 385 g/mol. The first-order valence-electron chi connectivity index (χ1n) is 10.9. The first kappa shape index (κ1) is 18.4. The number of morpholine rings is 1. The third-order valence-corrected chi connectivity index (χ3v) is 6.70. The Hall–Kier alpha value is -1.63. The van der Waals surface area contributed by atoms with E-state index in [4.69, 9.17) is 9.15 Å². The van der Waals surface area contributed by atoms with Gasteiger partial charge in [-0.05, 0) is 43.9 Å². The van der Waals surface area contributed by atoms with Gasteiger partial charge in [0.15, 0.2) is 0 Å². The van der Waals surface area contributed by atoms with E-state index in [1.165, 1.54) is 36.3 Å². The van der Waals surface area contributed by atoms with Crippen molar-refractivity contribution in [2.75, 3.05) is 39.4 Å². The molecule has 0 aromatic carbocycles. The van der Waals surface area contributed by atoms with Crippen LogP contribution in [0.1, 0.15) is 60.8 Å². The molecule has 28 heavy (non-hydrogen) atoms. The SMILES string of the molecule is CC1CC1c1ccc(CN2CCCC(c3[nH]ncc3CN3CCOCC3)C2)o1. The van der Waals surface area contributed by atoms with Crippen LogP contribution in [0.5, 0.6) is 0 Å². The molecule has 0 amide bonds. The van der Waals surface area contributed by atoms with Gasteiger partial charge in [0, 0.05) is 49.3 Å². The highest BCUT2D eigenvalue weighted by Gasteiger charge is 2.36. The van der Waals surface area contributed by atoms with E-state index in [2.05, 4.69) is 39.1 Å². The summed E-state index contributed by atoms with van der Waals surface area (Å²) in [7, 11) is 0. The predicted octanol–water partition coefficient (Wildman–Crippen LogP) is 3.34. The topological polar surface area (TPSA) is 57.5 Å². The van der Waals surface area contributed by atoms with E-state index < -0.39 is 0 Å². The van der Waals surface area contributed by atoms with Crippen LogP contribution in [0.3, 0.4) is 0 Å². The quantitative estimate of drug-likeness (QED) is 0.828. The fourth-order valence-corrected chi connectivity index (χ4v) is 4.85. The molecule has 152 valence electrons. The zero-order chi connectivity index (χ0) is 18.9. The number of nitrogens with one attached hydrogen (secondary N) is 1. The van der Waals surface area contributed by atoms with Crippen LogP contribution < -0.4 is 0 Å². The molecule has 3 aliphatic rings. The summed E-state index contributed by atoms with van der Waals surface area (Å²) >= 11 is 0. The standard InChI is InChI=1S/C22H32N4O2/c1-16-11-20(16)21-5-4-19(28-21)15-26-6-2-3-17(13-26)22-18(12-23-24-22)14-25-7-9-27-10-8-25/h4-5,12,16-17,20H,2-3,6-11,13-15H2,1H3,(H,23,24). The largest absolute Gasteiger partial charge is 0.464 e. The van der Waals surface area contributed by atoms with Gasteiger partial charge >= 0.3 is 0 Å². The van der Waals surface area contributed by atoms with E-state index in [9.17, 15) is 0 Å². The molecule has 1 saturated carbocycles. The number of H-pyrrole nitrogens is 1. The lowest BCUT2D eigenvalue weighted by atomic mass is 9.92. The van der Waals surface area contributed by atoms with Gasteiger partial charge in [0.2, 0.25) is 0 Å². The van der Waals surface area contributed by atoms with Gasteiger partial charge < -0.3 is 9.15 Å². The second-order valence-electron chi connectivity index (χ2n) is 8.90. The van der Waals surface area contributed by atoms with E-state index in [0.29, 0.717) is 11.8 Å². The third-order valence-electron chi connectivity index (χ3n) is 6.70. The molecule has 0 bridgehead atoms. The fourth-order valence-electron chi connectivity index (χ4n) is 4.85. The molecule has 1 N–H and O–H groups in total. The van der Waals surface area contributed by atoms with Gasteiger partial charge in [0.05, 0.1) is 26.0 Å². The van der Waals surface area contributed by atoms with Crippen molar-refractivity contribution in [1.29, 1.82) is 0 Å². The zero-order valence-electron chi connectivity index (χ0n) is 16.9. The summed E-state index contributed by atoms with van der Waals surface area (Å²) in [5.41, 5.74) is 2.69. The number of likely N-dealkylation sites (tertiary alicyclic amines) is 1. The lowest BCUT2D eigenvalue weighted by Gasteiger charge is -2.33. The third kappa shape index (κ3) is 4.04. The molecule has 6 heteroatoms. The molecule has 0 radical (unpaired) electrons. The lowest BCUT2D eigenvalue weighted by molar-refractivity contribution is 0.0339. The van der Waals surface area contributed by atoms with Gasteiger partial charge in [-0.3, -0.25) is 14.9 Å². The van der Waals surface area contributed by atoms with Crippen LogP contribution in [0.4, 0.5) is 0 Å². The molecule has 0 spiro atoms. The highest BCUT2D eigenvalue weighted by atomic mass is 16.5. The van der Waals surface area contributed by atoms with Crippen LogP contribution in [0.2, 0.25) is 0 Å². The van der Waals surface area contributed by atoms with Gasteiger partial charge in [-0.25, -0.2) is 0 Å². The average Bonchev–Trinajstić information content (AvgIpc) is 3.09. The molecular formula is C22H32N4O2. The normalized spacial score (nSPS) is 29.2.